The van der Waals surface area contributed by atoms with Crippen molar-refractivity contribution in [1.82, 2.24) is 20.3 Å². The molecule has 0 bridgehead atoms. The minimum atomic E-state index is 0.0150. The molecule has 0 radical (unpaired) electrons. The van der Waals surface area contributed by atoms with E-state index in [0.29, 0.717) is 18.3 Å². The SMILES string of the molecule is CC(C)NCC(=O)c1cnnn1C. The molecule has 1 aromatic heterocycles. The summed E-state index contributed by atoms with van der Waals surface area (Å²) in [6, 6.07) is 0.310. The number of rotatable bonds is 4. The Hall–Kier alpha value is -1.23. The van der Waals surface area contributed by atoms with Crippen LogP contribution >= 0.6 is 0 Å². The van der Waals surface area contributed by atoms with Crippen molar-refractivity contribution in [3.63, 3.8) is 0 Å². The predicted octanol–water partition coefficient (Wildman–Crippen LogP) is -0.00420. The highest BCUT2D eigenvalue weighted by Crippen LogP contribution is 1.94. The minimum absolute atomic E-state index is 0.0150. The fraction of sp³-hybridized carbons (Fsp3) is 0.625. The maximum atomic E-state index is 11.5. The molecule has 1 heterocycles. The normalized spacial score (nSPS) is 10.8. The highest BCUT2D eigenvalue weighted by atomic mass is 16.1. The van der Waals surface area contributed by atoms with Gasteiger partial charge >= 0.3 is 0 Å². The molecule has 0 aromatic carbocycles. The fourth-order valence-electron chi connectivity index (χ4n) is 0.930. The Bertz CT molecular complexity index is 292. The van der Waals surface area contributed by atoms with Crippen LogP contribution in [0.25, 0.3) is 0 Å². The Kier molecular flexibility index (Phi) is 3.13. The van der Waals surface area contributed by atoms with E-state index in [1.165, 1.54) is 10.9 Å². The van der Waals surface area contributed by atoms with E-state index in [2.05, 4.69) is 15.6 Å². The topological polar surface area (TPSA) is 59.8 Å². The third-order valence-electron chi connectivity index (χ3n) is 1.67. The first-order valence-electron chi connectivity index (χ1n) is 4.22. The van der Waals surface area contributed by atoms with Gasteiger partial charge in [-0.15, -0.1) is 5.10 Å². The number of hydrogen-bond acceptors (Lipinski definition) is 4. The monoisotopic (exact) mass is 182 g/mol. The van der Waals surface area contributed by atoms with Gasteiger partial charge in [-0.2, -0.15) is 0 Å². The molecule has 0 aliphatic heterocycles. The molecule has 0 aliphatic rings. The van der Waals surface area contributed by atoms with Gasteiger partial charge < -0.3 is 5.32 Å². The molecule has 0 amide bonds. The van der Waals surface area contributed by atoms with Crippen molar-refractivity contribution in [3.05, 3.63) is 11.9 Å². The summed E-state index contributed by atoms with van der Waals surface area (Å²) in [6.07, 6.45) is 1.48. The van der Waals surface area contributed by atoms with Crippen LogP contribution in [-0.2, 0) is 7.05 Å². The van der Waals surface area contributed by atoms with Crippen LogP contribution in [0, 0.1) is 0 Å². The molecule has 5 heteroatoms. The van der Waals surface area contributed by atoms with Crippen molar-refractivity contribution in [2.24, 2.45) is 7.05 Å². The molecule has 72 valence electrons. The molecule has 0 aliphatic carbocycles. The van der Waals surface area contributed by atoms with Crippen LogP contribution in [0.15, 0.2) is 6.20 Å². The van der Waals surface area contributed by atoms with Gasteiger partial charge in [0, 0.05) is 13.1 Å². The second kappa shape index (κ2) is 4.13. The zero-order chi connectivity index (χ0) is 9.84. The molecule has 0 unspecified atom stereocenters. The number of nitrogens with one attached hydrogen (secondary N) is 1. The van der Waals surface area contributed by atoms with Crippen LogP contribution in [-0.4, -0.2) is 33.4 Å². The first-order valence-corrected chi connectivity index (χ1v) is 4.22. The summed E-state index contributed by atoms with van der Waals surface area (Å²) in [5.41, 5.74) is 0.535. The number of Topliss-reactive ketones (excluding diaryl/α,β-unsaturated/α-hetero) is 1. The minimum Gasteiger partial charge on any atom is -0.307 e. The standard InChI is InChI=1S/C8H14N4O/c1-6(2)9-5-8(13)7-4-10-11-12(7)3/h4,6,9H,5H2,1-3H3. The number of carbonyl (C=O) groups is 1. The molecular formula is C8H14N4O. The Labute approximate surface area is 77.1 Å². The van der Waals surface area contributed by atoms with Crippen LogP contribution in [0.3, 0.4) is 0 Å². The molecule has 0 atom stereocenters. The van der Waals surface area contributed by atoms with Crippen molar-refractivity contribution >= 4 is 5.78 Å². The molecule has 0 spiro atoms. The largest absolute Gasteiger partial charge is 0.307 e. The van der Waals surface area contributed by atoms with Crippen molar-refractivity contribution in [2.45, 2.75) is 19.9 Å². The van der Waals surface area contributed by atoms with E-state index < -0.39 is 0 Å². The molecule has 1 rings (SSSR count). The van der Waals surface area contributed by atoms with Gasteiger partial charge in [0.2, 0.25) is 0 Å². The predicted molar refractivity (Wildman–Crippen MR) is 48.5 cm³/mol. The Morgan fingerprint density at radius 2 is 2.38 bits per heavy atom. The Balaban J connectivity index is 2.54. The maximum Gasteiger partial charge on any atom is 0.196 e. The van der Waals surface area contributed by atoms with Gasteiger partial charge in [0.25, 0.3) is 0 Å². The molecule has 0 saturated carbocycles. The Morgan fingerprint density at radius 3 is 2.85 bits per heavy atom. The van der Waals surface area contributed by atoms with E-state index in [-0.39, 0.29) is 5.78 Å². The van der Waals surface area contributed by atoms with Gasteiger partial charge in [0.05, 0.1) is 12.7 Å². The van der Waals surface area contributed by atoms with E-state index in [1.54, 1.807) is 7.05 Å². The summed E-state index contributed by atoms with van der Waals surface area (Å²) < 4.78 is 1.48. The van der Waals surface area contributed by atoms with Crippen LogP contribution in [0.2, 0.25) is 0 Å². The lowest BCUT2D eigenvalue weighted by atomic mass is 10.3. The summed E-state index contributed by atoms with van der Waals surface area (Å²) in [4.78, 5) is 11.5. The lowest BCUT2D eigenvalue weighted by Gasteiger charge is -2.06. The summed E-state index contributed by atoms with van der Waals surface area (Å²) >= 11 is 0. The third kappa shape index (κ3) is 2.62. The highest BCUT2D eigenvalue weighted by Gasteiger charge is 2.10. The van der Waals surface area contributed by atoms with Gasteiger partial charge in [-0.1, -0.05) is 19.1 Å². The van der Waals surface area contributed by atoms with Gasteiger partial charge in [0.1, 0.15) is 5.69 Å². The molecule has 1 N–H and O–H groups in total. The van der Waals surface area contributed by atoms with Crippen LogP contribution in [0.1, 0.15) is 24.3 Å². The zero-order valence-corrected chi connectivity index (χ0v) is 8.11. The lowest BCUT2D eigenvalue weighted by Crippen LogP contribution is -2.30. The lowest BCUT2D eigenvalue weighted by molar-refractivity contribution is 0.0979. The van der Waals surface area contributed by atoms with Crippen molar-refractivity contribution in [2.75, 3.05) is 6.54 Å². The molecule has 0 fully saturated rings. The number of carbonyl (C=O) groups excluding carboxylic acids is 1. The number of ketones is 1. The van der Waals surface area contributed by atoms with E-state index in [1.807, 2.05) is 13.8 Å². The summed E-state index contributed by atoms with van der Waals surface area (Å²) in [5.74, 6) is 0.0150. The third-order valence-corrected chi connectivity index (χ3v) is 1.67. The molecule has 5 nitrogen and oxygen atoms in total. The molecule has 13 heavy (non-hydrogen) atoms. The number of nitrogens with zero attached hydrogens (tertiary/aromatic N) is 3. The Morgan fingerprint density at radius 1 is 1.69 bits per heavy atom. The van der Waals surface area contributed by atoms with Crippen LogP contribution in [0.5, 0.6) is 0 Å². The zero-order valence-electron chi connectivity index (χ0n) is 8.11. The van der Waals surface area contributed by atoms with Crippen LogP contribution < -0.4 is 5.32 Å². The van der Waals surface area contributed by atoms with E-state index in [4.69, 9.17) is 0 Å². The molecule has 1 aromatic rings. The molecule has 0 saturated heterocycles. The molecular weight excluding hydrogens is 168 g/mol. The number of aromatic nitrogens is 3. The number of hydrogen-bond donors (Lipinski definition) is 1. The highest BCUT2D eigenvalue weighted by molar-refractivity contribution is 5.95. The summed E-state index contributed by atoms with van der Waals surface area (Å²) in [6.45, 7) is 4.32. The van der Waals surface area contributed by atoms with Gasteiger partial charge in [-0.05, 0) is 0 Å². The van der Waals surface area contributed by atoms with E-state index >= 15 is 0 Å². The average Bonchev–Trinajstić information content (AvgIpc) is 2.47. The quantitative estimate of drug-likeness (QED) is 0.666. The van der Waals surface area contributed by atoms with Crippen LogP contribution in [0.4, 0.5) is 0 Å². The van der Waals surface area contributed by atoms with E-state index in [9.17, 15) is 4.79 Å². The van der Waals surface area contributed by atoms with Gasteiger partial charge in [-0.25, -0.2) is 4.68 Å². The smallest absolute Gasteiger partial charge is 0.196 e. The second-order valence-electron chi connectivity index (χ2n) is 3.20. The fourth-order valence-corrected chi connectivity index (χ4v) is 0.930. The van der Waals surface area contributed by atoms with Crippen molar-refractivity contribution in [3.8, 4) is 0 Å². The maximum absolute atomic E-state index is 11.5. The average molecular weight is 182 g/mol. The summed E-state index contributed by atoms with van der Waals surface area (Å²) in [5, 5.41) is 10.4. The first kappa shape index (κ1) is 9.85. The van der Waals surface area contributed by atoms with Crippen molar-refractivity contribution < 1.29 is 4.79 Å². The number of aryl methyl sites for hydroxylation is 1. The van der Waals surface area contributed by atoms with Gasteiger partial charge in [0.15, 0.2) is 5.78 Å². The van der Waals surface area contributed by atoms with Crippen molar-refractivity contribution in [1.29, 1.82) is 0 Å². The van der Waals surface area contributed by atoms with Gasteiger partial charge in [-0.3, -0.25) is 4.79 Å². The first-order chi connectivity index (χ1) is 6.11. The van der Waals surface area contributed by atoms with E-state index in [0.717, 1.165) is 0 Å². The second-order valence-corrected chi connectivity index (χ2v) is 3.20. The summed E-state index contributed by atoms with van der Waals surface area (Å²) in [7, 11) is 1.70.